The zero-order valence-electron chi connectivity index (χ0n) is 7.99. The van der Waals surface area contributed by atoms with Gasteiger partial charge in [-0.15, -0.1) is 0 Å². The lowest BCUT2D eigenvalue weighted by atomic mass is 9.95. The second-order valence-corrected chi connectivity index (χ2v) is 3.68. The molecule has 78 valence electrons. The Morgan fingerprint density at radius 1 is 1.43 bits per heavy atom. The SMILES string of the molecule is COC(=O)C(=O)NC1CC2CCC1O2. The van der Waals surface area contributed by atoms with E-state index in [-0.39, 0.29) is 18.2 Å². The van der Waals surface area contributed by atoms with Crippen molar-refractivity contribution in [2.45, 2.75) is 37.5 Å². The van der Waals surface area contributed by atoms with Gasteiger partial charge in [0, 0.05) is 0 Å². The van der Waals surface area contributed by atoms with Crippen LogP contribution in [0.1, 0.15) is 19.3 Å². The number of nitrogens with one attached hydrogen (secondary N) is 1. The molecule has 0 aromatic rings. The van der Waals surface area contributed by atoms with Crippen molar-refractivity contribution in [2.75, 3.05) is 7.11 Å². The molecule has 14 heavy (non-hydrogen) atoms. The molecule has 2 rings (SSSR count). The number of esters is 1. The second kappa shape index (κ2) is 3.57. The van der Waals surface area contributed by atoms with Crippen LogP contribution in [0.25, 0.3) is 0 Å². The van der Waals surface area contributed by atoms with Gasteiger partial charge in [-0.1, -0.05) is 0 Å². The van der Waals surface area contributed by atoms with E-state index in [1.807, 2.05) is 0 Å². The number of rotatable bonds is 1. The lowest BCUT2D eigenvalue weighted by molar-refractivity contribution is -0.153. The molecule has 3 unspecified atom stereocenters. The highest BCUT2D eigenvalue weighted by molar-refractivity contribution is 6.32. The molecule has 1 amide bonds. The van der Waals surface area contributed by atoms with Crippen LogP contribution in [0.2, 0.25) is 0 Å². The number of methoxy groups -OCH3 is 1. The van der Waals surface area contributed by atoms with Crippen molar-refractivity contribution in [3.63, 3.8) is 0 Å². The minimum Gasteiger partial charge on any atom is -0.462 e. The molecule has 3 atom stereocenters. The van der Waals surface area contributed by atoms with Crippen molar-refractivity contribution in [3.05, 3.63) is 0 Å². The lowest BCUT2D eigenvalue weighted by Gasteiger charge is -2.18. The summed E-state index contributed by atoms with van der Waals surface area (Å²) >= 11 is 0. The summed E-state index contributed by atoms with van der Waals surface area (Å²) in [5, 5.41) is 2.62. The minimum atomic E-state index is -0.840. The molecule has 0 aliphatic carbocycles. The van der Waals surface area contributed by atoms with E-state index in [0.29, 0.717) is 0 Å². The molecule has 0 saturated carbocycles. The van der Waals surface area contributed by atoms with Gasteiger partial charge >= 0.3 is 11.9 Å². The van der Waals surface area contributed by atoms with Crippen LogP contribution < -0.4 is 5.32 Å². The number of hydrogen-bond donors (Lipinski definition) is 1. The molecule has 0 aromatic carbocycles. The Kier molecular flexibility index (Phi) is 2.41. The average molecular weight is 199 g/mol. The fourth-order valence-electron chi connectivity index (χ4n) is 2.11. The number of amides is 1. The van der Waals surface area contributed by atoms with Crippen molar-refractivity contribution in [2.24, 2.45) is 0 Å². The van der Waals surface area contributed by atoms with E-state index in [1.54, 1.807) is 0 Å². The van der Waals surface area contributed by atoms with Gasteiger partial charge in [0.1, 0.15) is 0 Å². The Labute approximate surface area is 81.7 Å². The van der Waals surface area contributed by atoms with Crippen molar-refractivity contribution in [1.82, 2.24) is 5.32 Å². The standard InChI is InChI=1S/C9H13NO4/c1-13-9(12)8(11)10-6-4-5-2-3-7(6)14-5/h5-7H,2-4H2,1H3,(H,10,11). The van der Waals surface area contributed by atoms with Crippen molar-refractivity contribution in [3.8, 4) is 0 Å². The fraction of sp³-hybridized carbons (Fsp3) is 0.778. The smallest absolute Gasteiger partial charge is 0.396 e. The monoisotopic (exact) mass is 199 g/mol. The normalized spacial score (nSPS) is 34.2. The maximum atomic E-state index is 11.2. The number of ether oxygens (including phenoxy) is 2. The summed E-state index contributed by atoms with van der Waals surface area (Å²) in [5.41, 5.74) is 0. The topological polar surface area (TPSA) is 64.6 Å². The molecule has 2 saturated heterocycles. The van der Waals surface area contributed by atoms with E-state index in [0.717, 1.165) is 19.3 Å². The quantitative estimate of drug-likeness (QED) is 0.461. The maximum absolute atomic E-state index is 11.2. The average Bonchev–Trinajstić information content (AvgIpc) is 2.77. The molecule has 0 radical (unpaired) electrons. The van der Waals surface area contributed by atoms with Gasteiger partial charge in [-0.05, 0) is 19.3 Å². The zero-order chi connectivity index (χ0) is 10.1. The van der Waals surface area contributed by atoms with Gasteiger partial charge in [-0.25, -0.2) is 4.79 Å². The van der Waals surface area contributed by atoms with Crippen LogP contribution in [-0.4, -0.2) is 37.2 Å². The van der Waals surface area contributed by atoms with E-state index >= 15 is 0 Å². The molecule has 5 heteroatoms. The molecule has 2 heterocycles. The first-order valence-corrected chi connectivity index (χ1v) is 4.75. The Balaban J connectivity index is 1.87. The van der Waals surface area contributed by atoms with Crippen molar-refractivity contribution in [1.29, 1.82) is 0 Å². The molecule has 2 bridgehead atoms. The summed E-state index contributed by atoms with van der Waals surface area (Å²) in [6, 6.07) is -0.0136. The highest BCUT2D eigenvalue weighted by atomic mass is 16.5. The minimum absolute atomic E-state index is 0.0136. The third-order valence-electron chi connectivity index (χ3n) is 2.79. The van der Waals surface area contributed by atoms with Crippen LogP contribution in [0.5, 0.6) is 0 Å². The summed E-state index contributed by atoms with van der Waals surface area (Å²) in [6.07, 6.45) is 3.20. The van der Waals surface area contributed by atoms with Gasteiger partial charge < -0.3 is 14.8 Å². The molecule has 0 spiro atoms. The van der Waals surface area contributed by atoms with Gasteiger partial charge in [0.15, 0.2) is 0 Å². The van der Waals surface area contributed by atoms with Gasteiger partial charge in [0.2, 0.25) is 0 Å². The van der Waals surface area contributed by atoms with Crippen LogP contribution >= 0.6 is 0 Å². The Hall–Kier alpha value is -1.10. The van der Waals surface area contributed by atoms with E-state index in [2.05, 4.69) is 10.1 Å². The largest absolute Gasteiger partial charge is 0.462 e. The molecule has 1 N–H and O–H groups in total. The second-order valence-electron chi connectivity index (χ2n) is 3.68. The van der Waals surface area contributed by atoms with Crippen LogP contribution in [0.15, 0.2) is 0 Å². The van der Waals surface area contributed by atoms with Crippen molar-refractivity contribution >= 4 is 11.9 Å². The zero-order valence-corrected chi connectivity index (χ0v) is 7.99. The van der Waals surface area contributed by atoms with Gasteiger partial charge in [-0.3, -0.25) is 4.79 Å². The molecule has 5 nitrogen and oxygen atoms in total. The molecule has 2 aliphatic heterocycles. The van der Waals surface area contributed by atoms with Crippen LogP contribution in [0.3, 0.4) is 0 Å². The number of fused-ring (bicyclic) bond motifs is 2. The highest BCUT2D eigenvalue weighted by Gasteiger charge is 2.42. The maximum Gasteiger partial charge on any atom is 0.396 e. The molecular formula is C9H13NO4. The Morgan fingerprint density at radius 3 is 2.71 bits per heavy atom. The summed E-state index contributed by atoms with van der Waals surface area (Å²) in [7, 11) is 1.19. The van der Waals surface area contributed by atoms with E-state index < -0.39 is 11.9 Å². The third kappa shape index (κ3) is 1.59. The highest BCUT2D eigenvalue weighted by Crippen LogP contribution is 2.34. The third-order valence-corrected chi connectivity index (χ3v) is 2.79. The Morgan fingerprint density at radius 2 is 2.21 bits per heavy atom. The van der Waals surface area contributed by atoms with Crippen molar-refractivity contribution < 1.29 is 19.1 Å². The number of carbonyl (C=O) groups is 2. The van der Waals surface area contributed by atoms with Gasteiger partial charge in [0.05, 0.1) is 25.4 Å². The van der Waals surface area contributed by atoms with Gasteiger partial charge in [-0.2, -0.15) is 0 Å². The summed E-state index contributed by atoms with van der Waals surface area (Å²) < 4.78 is 9.84. The molecule has 2 aliphatic rings. The van der Waals surface area contributed by atoms with E-state index in [1.165, 1.54) is 7.11 Å². The molecular weight excluding hydrogens is 186 g/mol. The summed E-state index contributed by atoms with van der Waals surface area (Å²) in [4.78, 5) is 22.0. The fourth-order valence-corrected chi connectivity index (χ4v) is 2.11. The van der Waals surface area contributed by atoms with Crippen LogP contribution in [0.4, 0.5) is 0 Å². The number of carbonyl (C=O) groups excluding carboxylic acids is 2. The summed E-state index contributed by atoms with van der Waals surface area (Å²) in [6.45, 7) is 0. The van der Waals surface area contributed by atoms with E-state index in [4.69, 9.17) is 4.74 Å². The lowest BCUT2D eigenvalue weighted by Crippen LogP contribution is -2.44. The Bertz CT molecular complexity index is 266. The van der Waals surface area contributed by atoms with Crippen LogP contribution in [-0.2, 0) is 19.1 Å². The summed E-state index contributed by atoms with van der Waals surface area (Å²) in [5.74, 6) is -1.51. The first-order valence-electron chi connectivity index (χ1n) is 4.75. The predicted octanol–water partition coefficient (Wildman–Crippen LogP) is -0.405. The predicted molar refractivity (Wildman–Crippen MR) is 46.5 cm³/mol. The first-order chi connectivity index (χ1) is 6.70. The van der Waals surface area contributed by atoms with E-state index in [9.17, 15) is 9.59 Å². The van der Waals surface area contributed by atoms with Gasteiger partial charge in [0.25, 0.3) is 0 Å². The first kappa shape index (κ1) is 9.45. The van der Waals surface area contributed by atoms with Crippen LogP contribution in [0, 0.1) is 0 Å². The number of hydrogen-bond acceptors (Lipinski definition) is 4. The molecule has 0 aromatic heterocycles. The molecule has 2 fully saturated rings.